The van der Waals surface area contributed by atoms with E-state index in [1.807, 2.05) is 0 Å². The number of rotatable bonds is 4. The second-order valence-corrected chi connectivity index (χ2v) is 10.3. The van der Waals surface area contributed by atoms with E-state index in [-0.39, 0.29) is 0 Å². The maximum absolute atomic E-state index is 6.08. The van der Waals surface area contributed by atoms with Gasteiger partial charge in [0.15, 0.2) is 8.32 Å². The van der Waals surface area contributed by atoms with E-state index in [9.17, 15) is 0 Å². The van der Waals surface area contributed by atoms with Gasteiger partial charge in [0, 0.05) is 0 Å². The van der Waals surface area contributed by atoms with Crippen LogP contribution in [0.1, 0.15) is 41.0 Å². The monoisotopic (exact) mass is 214 g/mol. The molecular formula is C12H26OSi. The minimum absolute atomic E-state index is 0.319. The molecule has 0 aromatic heterocycles. The van der Waals surface area contributed by atoms with Crippen LogP contribution in [0.4, 0.5) is 0 Å². The molecule has 0 saturated heterocycles. The van der Waals surface area contributed by atoms with Gasteiger partial charge >= 0.3 is 0 Å². The van der Waals surface area contributed by atoms with Crippen molar-refractivity contribution >= 4 is 8.32 Å². The Kier molecular flexibility index (Phi) is 5.10. The third kappa shape index (κ3) is 4.42. The molecule has 0 radical (unpaired) electrons. The maximum atomic E-state index is 6.08. The van der Waals surface area contributed by atoms with Crippen molar-refractivity contribution in [1.82, 2.24) is 0 Å². The topological polar surface area (TPSA) is 9.23 Å². The van der Waals surface area contributed by atoms with Crippen molar-refractivity contribution in [2.24, 2.45) is 0 Å². The van der Waals surface area contributed by atoms with Crippen molar-refractivity contribution in [3.05, 3.63) is 11.6 Å². The Morgan fingerprint density at radius 3 is 2.14 bits per heavy atom. The molecule has 0 N–H and O–H groups in total. The van der Waals surface area contributed by atoms with Crippen LogP contribution in [-0.2, 0) is 4.43 Å². The van der Waals surface area contributed by atoms with Crippen LogP contribution in [-0.4, -0.2) is 14.9 Å². The van der Waals surface area contributed by atoms with Crippen LogP contribution in [0.25, 0.3) is 0 Å². The molecule has 1 nitrogen and oxygen atoms in total. The molecule has 2 heteroatoms. The van der Waals surface area contributed by atoms with Gasteiger partial charge in [-0.1, -0.05) is 39.3 Å². The third-order valence-corrected chi connectivity index (χ3v) is 7.50. The summed E-state index contributed by atoms with van der Waals surface area (Å²) in [6.07, 6.45) is 3.35. The largest absolute Gasteiger partial charge is 0.413 e. The van der Waals surface area contributed by atoms with Crippen molar-refractivity contribution in [3.8, 4) is 0 Å². The minimum atomic E-state index is -1.54. The first-order valence-corrected chi connectivity index (χ1v) is 8.41. The van der Waals surface area contributed by atoms with Crippen molar-refractivity contribution < 1.29 is 4.43 Å². The highest BCUT2D eigenvalue weighted by atomic mass is 28.4. The standard InChI is InChI=1S/C12H26OSi/c1-8-9-11(2)10-13-14(6,7)12(3,4)5/h9H,8,10H2,1-7H3. The normalized spacial score (nSPS) is 14.6. The lowest BCUT2D eigenvalue weighted by atomic mass is 10.2. The fourth-order valence-corrected chi connectivity index (χ4v) is 1.94. The molecule has 0 aliphatic rings. The second-order valence-electron chi connectivity index (χ2n) is 5.51. The number of hydrogen-bond acceptors (Lipinski definition) is 1. The van der Waals surface area contributed by atoms with E-state index in [0.717, 1.165) is 13.0 Å². The first kappa shape index (κ1) is 13.9. The van der Waals surface area contributed by atoms with Gasteiger partial charge < -0.3 is 4.43 Å². The van der Waals surface area contributed by atoms with Gasteiger partial charge in [0.2, 0.25) is 0 Å². The maximum Gasteiger partial charge on any atom is 0.192 e. The molecule has 0 aromatic rings. The SMILES string of the molecule is CCC=C(C)CO[Si](C)(C)C(C)(C)C. The summed E-state index contributed by atoms with van der Waals surface area (Å²) in [5.74, 6) is 0. The Morgan fingerprint density at radius 1 is 1.29 bits per heavy atom. The summed E-state index contributed by atoms with van der Waals surface area (Å²) < 4.78 is 6.08. The molecule has 84 valence electrons. The molecule has 0 unspecified atom stereocenters. The molecule has 0 spiro atoms. The molecule has 0 aliphatic carbocycles. The summed E-state index contributed by atoms with van der Waals surface area (Å²) in [5, 5.41) is 0.319. The van der Waals surface area contributed by atoms with Crippen molar-refractivity contribution in [3.63, 3.8) is 0 Å². The van der Waals surface area contributed by atoms with Crippen molar-refractivity contribution in [2.45, 2.75) is 59.2 Å². The van der Waals surface area contributed by atoms with E-state index in [2.05, 4.69) is 53.8 Å². The van der Waals surface area contributed by atoms with Crippen LogP contribution >= 0.6 is 0 Å². The van der Waals surface area contributed by atoms with E-state index >= 15 is 0 Å². The Labute approximate surface area is 90.7 Å². The van der Waals surface area contributed by atoms with Crippen molar-refractivity contribution in [1.29, 1.82) is 0 Å². The highest BCUT2D eigenvalue weighted by molar-refractivity contribution is 6.74. The molecular weight excluding hydrogens is 188 g/mol. The summed E-state index contributed by atoms with van der Waals surface area (Å²) in [7, 11) is -1.54. The summed E-state index contributed by atoms with van der Waals surface area (Å²) >= 11 is 0. The lowest BCUT2D eigenvalue weighted by Crippen LogP contribution is -2.41. The van der Waals surface area contributed by atoms with Gasteiger partial charge in [-0.2, -0.15) is 0 Å². The van der Waals surface area contributed by atoms with Gasteiger partial charge in [-0.15, -0.1) is 0 Å². The van der Waals surface area contributed by atoms with Gasteiger partial charge in [-0.3, -0.25) is 0 Å². The zero-order chi connectivity index (χ0) is 11.4. The van der Waals surface area contributed by atoms with Gasteiger partial charge in [0.05, 0.1) is 6.61 Å². The van der Waals surface area contributed by atoms with Gasteiger partial charge in [-0.25, -0.2) is 0 Å². The quantitative estimate of drug-likeness (QED) is 0.499. The van der Waals surface area contributed by atoms with Crippen molar-refractivity contribution in [2.75, 3.05) is 6.61 Å². The van der Waals surface area contributed by atoms with Gasteiger partial charge in [0.25, 0.3) is 0 Å². The summed E-state index contributed by atoms with van der Waals surface area (Å²) in [6, 6.07) is 0. The molecule has 0 bridgehead atoms. The number of hydrogen-bond donors (Lipinski definition) is 0. The Bertz CT molecular complexity index is 199. The van der Waals surface area contributed by atoms with E-state index in [1.54, 1.807) is 0 Å². The molecule has 0 aromatic carbocycles. The minimum Gasteiger partial charge on any atom is -0.413 e. The summed E-state index contributed by atoms with van der Waals surface area (Å²) in [5.41, 5.74) is 1.36. The number of allylic oxidation sites excluding steroid dienone is 1. The Hall–Kier alpha value is -0.0831. The van der Waals surface area contributed by atoms with Gasteiger partial charge in [-0.05, 0) is 31.5 Å². The zero-order valence-electron chi connectivity index (χ0n) is 10.9. The average Bonchev–Trinajstić information content (AvgIpc) is 1.99. The van der Waals surface area contributed by atoms with E-state index < -0.39 is 8.32 Å². The van der Waals surface area contributed by atoms with Crippen LogP contribution < -0.4 is 0 Å². The highest BCUT2D eigenvalue weighted by Crippen LogP contribution is 2.36. The average molecular weight is 214 g/mol. The molecule has 0 atom stereocenters. The lowest BCUT2D eigenvalue weighted by molar-refractivity contribution is 0.318. The predicted molar refractivity (Wildman–Crippen MR) is 67.2 cm³/mol. The molecule has 0 saturated carbocycles. The smallest absolute Gasteiger partial charge is 0.192 e. The molecule has 14 heavy (non-hydrogen) atoms. The van der Waals surface area contributed by atoms with Crippen LogP contribution in [0, 0.1) is 0 Å². The zero-order valence-corrected chi connectivity index (χ0v) is 11.9. The fraction of sp³-hybridized carbons (Fsp3) is 0.833. The molecule has 0 fully saturated rings. The molecule has 0 amide bonds. The van der Waals surface area contributed by atoms with Gasteiger partial charge in [0.1, 0.15) is 0 Å². The van der Waals surface area contributed by atoms with Crippen LogP contribution in [0.15, 0.2) is 11.6 Å². The third-order valence-electron chi connectivity index (χ3n) is 3.02. The first-order valence-electron chi connectivity index (χ1n) is 5.50. The predicted octanol–water partition coefficient (Wildman–Crippen LogP) is 4.36. The van der Waals surface area contributed by atoms with E-state index in [0.29, 0.717) is 5.04 Å². The summed E-state index contributed by atoms with van der Waals surface area (Å²) in [6.45, 7) is 16.5. The van der Waals surface area contributed by atoms with Crippen LogP contribution in [0.5, 0.6) is 0 Å². The summed E-state index contributed by atoms with van der Waals surface area (Å²) in [4.78, 5) is 0. The van der Waals surface area contributed by atoms with E-state index in [4.69, 9.17) is 4.43 Å². The lowest BCUT2D eigenvalue weighted by Gasteiger charge is -2.36. The van der Waals surface area contributed by atoms with E-state index in [1.165, 1.54) is 5.57 Å². The molecule has 0 heterocycles. The van der Waals surface area contributed by atoms with Crippen LogP contribution in [0.3, 0.4) is 0 Å². The highest BCUT2D eigenvalue weighted by Gasteiger charge is 2.36. The Morgan fingerprint density at radius 2 is 1.79 bits per heavy atom. The van der Waals surface area contributed by atoms with Crippen LogP contribution in [0.2, 0.25) is 18.1 Å². The Balaban J connectivity index is 4.20. The molecule has 0 aliphatic heterocycles. The fourth-order valence-electron chi connectivity index (χ4n) is 0.918. The second kappa shape index (κ2) is 5.13. The molecule has 0 rings (SSSR count). The first-order chi connectivity index (χ1) is 6.20.